The molecule has 1 atom stereocenters. The molecule has 0 bridgehead atoms. The van der Waals surface area contributed by atoms with Crippen LogP contribution in [0.2, 0.25) is 0 Å². The third kappa shape index (κ3) is 6.78. The largest absolute Gasteiger partial charge is 0.491 e. The van der Waals surface area contributed by atoms with E-state index in [9.17, 15) is 5.11 Å². The molecule has 0 aliphatic carbocycles. The number of hydrogen-bond acceptors (Lipinski definition) is 3. The molecule has 0 saturated carbocycles. The number of ether oxygens (including phenoxy) is 1. The third-order valence-electron chi connectivity index (χ3n) is 3.32. The summed E-state index contributed by atoms with van der Waals surface area (Å²) in [6.07, 6.45) is 4.40. The summed E-state index contributed by atoms with van der Waals surface area (Å²) in [5.74, 6) is 0.842. The van der Waals surface area contributed by atoms with Gasteiger partial charge in [-0.05, 0) is 44.0 Å². The summed E-state index contributed by atoms with van der Waals surface area (Å²) in [6.45, 7) is 11.1. The van der Waals surface area contributed by atoms with E-state index in [2.05, 4.69) is 25.3 Å². The van der Waals surface area contributed by atoms with Crippen molar-refractivity contribution in [3.05, 3.63) is 42.5 Å². The Balaban J connectivity index is 2.48. The van der Waals surface area contributed by atoms with E-state index in [0.29, 0.717) is 13.2 Å². The third-order valence-corrected chi connectivity index (χ3v) is 3.32. The Bertz CT molecular complexity index is 400. The predicted molar refractivity (Wildman–Crippen MR) is 88.9 cm³/mol. The zero-order chi connectivity index (χ0) is 15.5. The second-order valence-electron chi connectivity index (χ2n) is 5.37. The van der Waals surface area contributed by atoms with Gasteiger partial charge in [-0.15, -0.1) is 6.58 Å². The van der Waals surface area contributed by atoms with Gasteiger partial charge in [0.15, 0.2) is 0 Å². The molecule has 1 aromatic carbocycles. The van der Waals surface area contributed by atoms with Crippen LogP contribution in [0.5, 0.6) is 5.75 Å². The number of nitrogens with zero attached hydrogens (tertiary/aromatic N) is 1. The standard InChI is InChI=1S/C18H29NO2/c1-4-9-16-10-7-8-11-18(16)21-15-17(20)14-19(12-5-2)13-6-3/h4,7-8,10-11,17,20H,1,5-6,9,12-15H2,2-3H3. The Labute approximate surface area is 129 Å². The van der Waals surface area contributed by atoms with Crippen molar-refractivity contribution in [2.75, 3.05) is 26.2 Å². The molecular formula is C18H29NO2. The summed E-state index contributed by atoms with van der Waals surface area (Å²) in [6, 6.07) is 7.92. The molecule has 1 rings (SSSR count). The Morgan fingerprint density at radius 2 is 1.90 bits per heavy atom. The van der Waals surface area contributed by atoms with Crippen molar-refractivity contribution in [3.8, 4) is 5.75 Å². The Morgan fingerprint density at radius 1 is 1.24 bits per heavy atom. The maximum atomic E-state index is 10.2. The summed E-state index contributed by atoms with van der Waals surface area (Å²) in [7, 11) is 0. The average molecular weight is 291 g/mol. The van der Waals surface area contributed by atoms with Gasteiger partial charge in [-0.25, -0.2) is 0 Å². The zero-order valence-electron chi connectivity index (χ0n) is 13.4. The molecule has 3 heteroatoms. The maximum absolute atomic E-state index is 10.2. The number of para-hydroxylation sites is 1. The van der Waals surface area contributed by atoms with E-state index in [1.807, 2.05) is 30.3 Å². The van der Waals surface area contributed by atoms with E-state index < -0.39 is 6.10 Å². The van der Waals surface area contributed by atoms with E-state index in [0.717, 1.165) is 43.7 Å². The topological polar surface area (TPSA) is 32.7 Å². The minimum Gasteiger partial charge on any atom is -0.491 e. The lowest BCUT2D eigenvalue weighted by molar-refractivity contribution is 0.0678. The van der Waals surface area contributed by atoms with Crippen LogP contribution in [0.25, 0.3) is 0 Å². The van der Waals surface area contributed by atoms with Gasteiger partial charge in [-0.2, -0.15) is 0 Å². The van der Waals surface area contributed by atoms with Crippen molar-refractivity contribution in [3.63, 3.8) is 0 Å². The van der Waals surface area contributed by atoms with Crippen LogP contribution >= 0.6 is 0 Å². The quantitative estimate of drug-likeness (QED) is 0.635. The van der Waals surface area contributed by atoms with Crippen molar-refractivity contribution in [2.24, 2.45) is 0 Å². The van der Waals surface area contributed by atoms with Crippen LogP contribution in [0, 0.1) is 0 Å². The minimum absolute atomic E-state index is 0.331. The summed E-state index contributed by atoms with van der Waals surface area (Å²) in [5, 5.41) is 10.2. The minimum atomic E-state index is -0.458. The second kappa shape index (κ2) is 10.4. The number of rotatable bonds is 11. The average Bonchev–Trinajstić information content (AvgIpc) is 2.47. The fourth-order valence-corrected chi connectivity index (χ4v) is 2.43. The number of aliphatic hydroxyl groups is 1. The van der Waals surface area contributed by atoms with Gasteiger partial charge in [0.1, 0.15) is 18.5 Å². The van der Waals surface area contributed by atoms with Crippen LogP contribution in [0.1, 0.15) is 32.3 Å². The summed E-state index contributed by atoms with van der Waals surface area (Å²) >= 11 is 0. The lowest BCUT2D eigenvalue weighted by Gasteiger charge is -2.24. The maximum Gasteiger partial charge on any atom is 0.122 e. The smallest absolute Gasteiger partial charge is 0.122 e. The highest BCUT2D eigenvalue weighted by Crippen LogP contribution is 2.19. The van der Waals surface area contributed by atoms with Crippen LogP contribution in [0.15, 0.2) is 36.9 Å². The molecule has 0 fully saturated rings. The fraction of sp³-hybridized carbons (Fsp3) is 0.556. The molecule has 0 amide bonds. The molecule has 1 aromatic rings. The Morgan fingerprint density at radius 3 is 2.52 bits per heavy atom. The van der Waals surface area contributed by atoms with Crippen molar-refractivity contribution >= 4 is 0 Å². The van der Waals surface area contributed by atoms with Crippen LogP contribution in [0.4, 0.5) is 0 Å². The van der Waals surface area contributed by atoms with Gasteiger partial charge in [0.2, 0.25) is 0 Å². The lowest BCUT2D eigenvalue weighted by atomic mass is 10.1. The van der Waals surface area contributed by atoms with Crippen LogP contribution in [-0.4, -0.2) is 42.4 Å². The van der Waals surface area contributed by atoms with Gasteiger partial charge in [0, 0.05) is 6.54 Å². The molecule has 0 aliphatic heterocycles. The highest BCUT2D eigenvalue weighted by atomic mass is 16.5. The van der Waals surface area contributed by atoms with Gasteiger partial charge in [-0.1, -0.05) is 38.1 Å². The first kappa shape index (κ1) is 17.7. The second-order valence-corrected chi connectivity index (χ2v) is 5.37. The van der Waals surface area contributed by atoms with Crippen LogP contribution in [-0.2, 0) is 6.42 Å². The first-order valence-corrected chi connectivity index (χ1v) is 7.93. The molecule has 1 unspecified atom stereocenters. The Hall–Kier alpha value is -1.32. The van der Waals surface area contributed by atoms with E-state index >= 15 is 0 Å². The molecule has 1 N–H and O–H groups in total. The first-order chi connectivity index (χ1) is 10.2. The molecule has 3 nitrogen and oxygen atoms in total. The van der Waals surface area contributed by atoms with Crippen LogP contribution < -0.4 is 4.74 Å². The van der Waals surface area contributed by atoms with Crippen LogP contribution in [0.3, 0.4) is 0 Å². The number of aliphatic hydroxyl groups excluding tert-OH is 1. The molecule has 0 radical (unpaired) electrons. The highest BCUT2D eigenvalue weighted by Gasteiger charge is 2.12. The number of allylic oxidation sites excluding steroid dienone is 1. The van der Waals surface area contributed by atoms with E-state index in [4.69, 9.17) is 4.74 Å². The molecule has 0 aliphatic rings. The van der Waals surface area contributed by atoms with Gasteiger partial charge in [0.05, 0.1) is 0 Å². The van der Waals surface area contributed by atoms with Crippen molar-refractivity contribution < 1.29 is 9.84 Å². The molecule has 0 heterocycles. The normalized spacial score (nSPS) is 12.4. The fourth-order valence-electron chi connectivity index (χ4n) is 2.43. The zero-order valence-corrected chi connectivity index (χ0v) is 13.4. The molecule has 0 spiro atoms. The molecular weight excluding hydrogens is 262 g/mol. The van der Waals surface area contributed by atoms with E-state index in [1.165, 1.54) is 0 Å². The molecule has 0 aromatic heterocycles. The van der Waals surface area contributed by atoms with Crippen molar-refractivity contribution in [2.45, 2.75) is 39.2 Å². The summed E-state index contributed by atoms with van der Waals surface area (Å²) < 4.78 is 5.78. The van der Waals surface area contributed by atoms with E-state index in [1.54, 1.807) is 0 Å². The van der Waals surface area contributed by atoms with Gasteiger partial charge in [-0.3, -0.25) is 0 Å². The number of benzene rings is 1. The monoisotopic (exact) mass is 291 g/mol. The number of hydrogen-bond donors (Lipinski definition) is 1. The highest BCUT2D eigenvalue weighted by molar-refractivity contribution is 5.34. The van der Waals surface area contributed by atoms with E-state index in [-0.39, 0.29) is 0 Å². The van der Waals surface area contributed by atoms with Gasteiger partial charge in [0.25, 0.3) is 0 Å². The summed E-state index contributed by atoms with van der Waals surface area (Å²) in [4.78, 5) is 2.30. The van der Waals surface area contributed by atoms with Crippen molar-refractivity contribution in [1.82, 2.24) is 4.90 Å². The Kier molecular flexibility index (Phi) is 8.79. The van der Waals surface area contributed by atoms with Gasteiger partial charge < -0.3 is 14.7 Å². The predicted octanol–water partition coefficient (Wildman–Crippen LogP) is 3.28. The first-order valence-electron chi connectivity index (χ1n) is 7.93. The molecule has 0 saturated heterocycles. The lowest BCUT2D eigenvalue weighted by Crippen LogP contribution is -2.36. The molecule has 118 valence electrons. The van der Waals surface area contributed by atoms with Crippen molar-refractivity contribution in [1.29, 1.82) is 0 Å². The van der Waals surface area contributed by atoms with Gasteiger partial charge >= 0.3 is 0 Å². The summed E-state index contributed by atoms with van der Waals surface area (Å²) in [5.41, 5.74) is 1.11. The SMILES string of the molecule is C=CCc1ccccc1OCC(O)CN(CCC)CCC. The molecule has 21 heavy (non-hydrogen) atoms.